The predicted octanol–water partition coefficient (Wildman–Crippen LogP) is 3.20. The van der Waals surface area contributed by atoms with Crippen LogP contribution in [0.1, 0.15) is 13.8 Å². The van der Waals surface area contributed by atoms with Gasteiger partial charge in [-0.25, -0.2) is 0 Å². The minimum atomic E-state index is -0.629. The van der Waals surface area contributed by atoms with Crippen molar-refractivity contribution < 1.29 is 8.78 Å². The topological polar surface area (TPSA) is 0 Å². The highest BCUT2D eigenvalue weighted by Gasteiger charge is 2.03. The van der Waals surface area contributed by atoms with Gasteiger partial charge in [-0.1, -0.05) is 12.2 Å². The Hall–Kier alpha value is -1.14. The Morgan fingerprint density at radius 2 is 1.36 bits per heavy atom. The molecule has 1 aliphatic carbocycles. The van der Waals surface area contributed by atoms with Gasteiger partial charge < -0.3 is 0 Å². The zero-order valence-corrected chi connectivity index (χ0v) is 6.41. The van der Waals surface area contributed by atoms with Gasteiger partial charge in [0.2, 0.25) is 0 Å². The monoisotopic (exact) mass is 154 g/mol. The van der Waals surface area contributed by atoms with E-state index in [0.717, 1.165) is 0 Å². The zero-order valence-electron chi connectivity index (χ0n) is 6.41. The fourth-order valence-corrected chi connectivity index (χ4v) is 0.690. The maximum Gasteiger partial charge on any atom is 0.171 e. The van der Waals surface area contributed by atoms with Crippen LogP contribution in [0.5, 0.6) is 0 Å². The van der Waals surface area contributed by atoms with Crippen LogP contribution in [0, 0.1) is 0 Å². The molecule has 0 nitrogen and oxygen atoms in total. The maximum atomic E-state index is 12.7. The molecule has 0 amide bonds. The van der Waals surface area contributed by atoms with E-state index in [4.69, 9.17) is 0 Å². The molecule has 0 spiro atoms. The molecule has 0 unspecified atom stereocenters. The second-order valence-electron chi connectivity index (χ2n) is 2.45. The SMILES string of the molecule is CC1=CC=C(C)C(F)=C=C1F. The largest absolute Gasteiger partial charge is 0.197 e. The predicted molar refractivity (Wildman–Crippen MR) is 40.3 cm³/mol. The molecule has 0 bridgehead atoms. The Labute approximate surface area is 64.2 Å². The molecule has 0 saturated heterocycles. The van der Waals surface area contributed by atoms with Crippen molar-refractivity contribution in [3.05, 3.63) is 40.7 Å². The standard InChI is InChI=1S/C9H8F2/c1-6-3-4-7(2)9(11)5-8(6)10/h3-4H,1-2H3. The lowest BCUT2D eigenvalue weighted by Crippen LogP contribution is -1.71. The van der Waals surface area contributed by atoms with E-state index in [-0.39, 0.29) is 0 Å². The summed E-state index contributed by atoms with van der Waals surface area (Å²) >= 11 is 0. The summed E-state index contributed by atoms with van der Waals surface area (Å²) in [5.41, 5.74) is 2.80. The Bertz CT molecular complexity index is 272. The van der Waals surface area contributed by atoms with Crippen molar-refractivity contribution in [2.45, 2.75) is 13.8 Å². The van der Waals surface area contributed by atoms with Crippen LogP contribution in [0.3, 0.4) is 0 Å². The van der Waals surface area contributed by atoms with E-state index in [0.29, 0.717) is 11.1 Å². The van der Waals surface area contributed by atoms with Crippen LogP contribution in [0.15, 0.2) is 40.7 Å². The van der Waals surface area contributed by atoms with E-state index in [1.165, 1.54) is 12.2 Å². The molecule has 0 fully saturated rings. The van der Waals surface area contributed by atoms with Crippen molar-refractivity contribution in [3.8, 4) is 0 Å². The summed E-state index contributed by atoms with van der Waals surface area (Å²) in [6.45, 7) is 3.15. The molecule has 2 heteroatoms. The van der Waals surface area contributed by atoms with Gasteiger partial charge in [-0.05, 0) is 30.7 Å². The second kappa shape index (κ2) is 2.85. The quantitative estimate of drug-likeness (QED) is 0.470. The van der Waals surface area contributed by atoms with Gasteiger partial charge in [0.15, 0.2) is 11.7 Å². The van der Waals surface area contributed by atoms with Crippen LogP contribution in [0.2, 0.25) is 0 Å². The molecule has 0 aromatic rings. The first-order chi connectivity index (χ1) is 5.11. The minimum Gasteiger partial charge on any atom is -0.197 e. The van der Waals surface area contributed by atoms with Crippen LogP contribution >= 0.6 is 0 Å². The van der Waals surface area contributed by atoms with Crippen LogP contribution in [0.4, 0.5) is 8.78 Å². The molecule has 58 valence electrons. The van der Waals surface area contributed by atoms with Crippen LogP contribution in [-0.2, 0) is 0 Å². The lowest BCUT2D eigenvalue weighted by atomic mass is 10.2. The normalized spacial score (nSPS) is 17.8. The molecule has 1 rings (SSSR count). The van der Waals surface area contributed by atoms with E-state index < -0.39 is 11.7 Å². The highest BCUT2D eigenvalue weighted by molar-refractivity contribution is 5.38. The molecule has 11 heavy (non-hydrogen) atoms. The van der Waals surface area contributed by atoms with E-state index in [1.807, 2.05) is 5.73 Å². The molecule has 0 heterocycles. The number of allylic oxidation sites excluding steroid dienone is 5. The third-order valence-electron chi connectivity index (χ3n) is 1.50. The molecule has 0 saturated carbocycles. The van der Waals surface area contributed by atoms with Crippen molar-refractivity contribution in [2.24, 2.45) is 0 Å². The molecular formula is C9H8F2. The van der Waals surface area contributed by atoms with E-state index >= 15 is 0 Å². The molecule has 0 aromatic carbocycles. The van der Waals surface area contributed by atoms with Gasteiger partial charge in [0.05, 0.1) is 0 Å². The molecule has 1 aliphatic rings. The third kappa shape index (κ3) is 1.66. The number of hydrogen-bond acceptors (Lipinski definition) is 0. The van der Waals surface area contributed by atoms with Gasteiger partial charge in [-0.3, -0.25) is 0 Å². The van der Waals surface area contributed by atoms with E-state index in [1.54, 1.807) is 13.8 Å². The fraction of sp³-hybridized carbons (Fsp3) is 0.222. The number of rotatable bonds is 0. The summed E-state index contributed by atoms with van der Waals surface area (Å²) in [6.07, 6.45) is 3.06. The van der Waals surface area contributed by atoms with E-state index in [2.05, 4.69) is 0 Å². The minimum absolute atomic E-state index is 0.400. The van der Waals surface area contributed by atoms with Gasteiger partial charge in [0.25, 0.3) is 0 Å². The van der Waals surface area contributed by atoms with Gasteiger partial charge in [0.1, 0.15) is 0 Å². The molecular weight excluding hydrogens is 146 g/mol. The van der Waals surface area contributed by atoms with Crippen molar-refractivity contribution >= 4 is 0 Å². The third-order valence-corrected chi connectivity index (χ3v) is 1.50. The first-order valence-corrected chi connectivity index (χ1v) is 3.29. The maximum absolute atomic E-state index is 12.7. The summed E-state index contributed by atoms with van der Waals surface area (Å²) < 4.78 is 25.4. The zero-order chi connectivity index (χ0) is 8.43. The highest BCUT2D eigenvalue weighted by Crippen LogP contribution is 2.18. The van der Waals surface area contributed by atoms with Crippen LogP contribution < -0.4 is 0 Å². The van der Waals surface area contributed by atoms with E-state index in [9.17, 15) is 8.78 Å². The average Bonchev–Trinajstić information content (AvgIpc) is 2.05. The van der Waals surface area contributed by atoms with Gasteiger partial charge >= 0.3 is 0 Å². The van der Waals surface area contributed by atoms with Gasteiger partial charge in [-0.2, -0.15) is 8.78 Å². The molecule has 0 radical (unpaired) electrons. The molecule has 0 aliphatic heterocycles. The summed E-state index contributed by atoms with van der Waals surface area (Å²) in [7, 11) is 0. The van der Waals surface area contributed by atoms with Crippen molar-refractivity contribution in [2.75, 3.05) is 0 Å². The lowest BCUT2D eigenvalue weighted by Gasteiger charge is -1.86. The fourth-order valence-electron chi connectivity index (χ4n) is 0.690. The van der Waals surface area contributed by atoms with Crippen LogP contribution in [-0.4, -0.2) is 0 Å². The lowest BCUT2D eigenvalue weighted by molar-refractivity contribution is 0.630. The second-order valence-corrected chi connectivity index (χ2v) is 2.45. The Balaban J connectivity index is 3.26. The molecule has 0 atom stereocenters. The van der Waals surface area contributed by atoms with Crippen LogP contribution in [0.25, 0.3) is 0 Å². The van der Waals surface area contributed by atoms with Gasteiger partial charge in [0, 0.05) is 0 Å². The molecule has 0 N–H and O–H groups in total. The summed E-state index contributed by atoms with van der Waals surface area (Å²) in [5, 5.41) is 0. The first-order valence-electron chi connectivity index (χ1n) is 3.29. The summed E-state index contributed by atoms with van der Waals surface area (Å²) in [4.78, 5) is 0. The first kappa shape index (κ1) is 7.96. The summed E-state index contributed by atoms with van der Waals surface area (Å²) in [5.74, 6) is -1.26. The van der Waals surface area contributed by atoms with Crippen molar-refractivity contribution in [1.82, 2.24) is 0 Å². The van der Waals surface area contributed by atoms with Gasteiger partial charge in [-0.15, -0.1) is 0 Å². The average molecular weight is 154 g/mol. The summed E-state index contributed by atoms with van der Waals surface area (Å²) in [6, 6.07) is 0. The number of hydrogen-bond donors (Lipinski definition) is 0. The Morgan fingerprint density at radius 3 is 1.73 bits per heavy atom. The van der Waals surface area contributed by atoms with Crippen molar-refractivity contribution in [3.63, 3.8) is 0 Å². The number of halogens is 2. The Kier molecular flexibility index (Phi) is 2.06. The molecule has 0 aromatic heterocycles. The Morgan fingerprint density at radius 1 is 1.00 bits per heavy atom. The smallest absolute Gasteiger partial charge is 0.171 e. The highest BCUT2D eigenvalue weighted by atomic mass is 19.1. The van der Waals surface area contributed by atoms with Crippen molar-refractivity contribution in [1.29, 1.82) is 0 Å².